The summed E-state index contributed by atoms with van der Waals surface area (Å²) in [5.41, 5.74) is 2.04. The topological polar surface area (TPSA) is 63.6 Å². The van der Waals surface area contributed by atoms with Crippen molar-refractivity contribution in [2.24, 2.45) is 46.3 Å². The summed E-state index contributed by atoms with van der Waals surface area (Å²) in [4.78, 5) is 23.8. The zero-order valence-corrected chi connectivity index (χ0v) is 21.7. The molecule has 0 saturated heterocycles. The van der Waals surface area contributed by atoms with Crippen molar-refractivity contribution in [2.45, 2.75) is 112 Å². The first-order valence-electron chi connectivity index (χ1n) is 13.5. The lowest BCUT2D eigenvalue weighted by atomic mass is 9.47. The molecule has 0 spiro atoms. The third-order valence-electron chi connectivity index (χ3n) is 10.8. The summed E-state index contributed by atoms with van der Waals surface area (Å²) in [6.45, 7) is 12.6. The van der Waals surface area contributed by atoms with Gasteiger partial charge in [0.15, 0.2) is 0 Å². The second kappa shape index (κ2) is 9.13. The second-order valence-electron chi connectivity index (χ2n) is 12.7. The normalized spacial score (nSPS) is 41.9. The van der Waals surface area contributed by atoms with Gasteiger partial charge in [-0.15, -0.1) is 0 Å². The van der Waals surface area contributed by atoms with Gasteiger partial charge in [0.2, 0.25) is 0 Å². The van der Waals surface area contributed by atoms with E-state index in [0.29, 0.717) is 18.3 Å². The highest BCUT2D eigenvalue weighted by Crippen LogP contribution is 2.67. The molecule has 0 aromatic heterocycles. The Bertz CT molecular complexity index is 799. The molecule has 3 fully saturated rings. The first-order valence-corrected chi connectivity index (χ1v) is 13.5. The number of hydrogen-bond donors (Lipinski definition) is 1. The molecule has 4 rings (SSSR count). The summed E-state index contributed by atoms with van der Waals surface area (Å²) in [6, 6.07) is 0. The molecule has 3 saturated carbocycles. The maximum absolute atomic E-state index is 12.3. The standard InChI is InChI=1S/C29H46O4/c1-17(2)26(31)16-27(32)18(3)23-9-10-24-22-8-7-20-15-21(33-19(4)30)11-13-28(20,5)25(22)12-14-29(23,24)6/h7,17-18,21-25,27,32H,8-16H2,1-6H3/t18-,21?,22+,23-,24+,25+,27-,28+,29-/m1/s1. The molecule has 0 aliphatic heterocycles. The Kier molecular flexibility index (Phi) is 6.90. The zero-order chi connectivity index (χ0) is 24.1. The maximum Gasteiger partial charge on any atom is 0.302 e. The highest BCUT2D eigenvalue weighted by atomic mass is 16.5. The molecule has 1 N–H and O–H groups in total. The van der Waals surface area contributed by atoms with E-state index in [-0.39, 0.29) is 40.5 Å². The third-order valence-corrected chi connectivity index (χ3v) is 10.8. The number of carbonyl (C=O) groups excluding carboxylic acids is 2. The van der Waals surface area contributed by atoms with E-state index >= 15 is 0 Å². The van der Waals surface area contributed by atoms with E-state index in [1.165, 1.54) is 38.2 Å². The SMILES string of the molecule is CC(=O)OC1CC[C@@]2(C)C(=CC[C@H]3[C@@H]4CC[C@H]([C@@H](C)[C@H](O)CC(=O)C(C)C)[C@@]4(C)CC[C@@H]32)C1. The lowest BCUT2D eigenvalue weighted by molar-refractivity contribution is -0.148. The zero-order valence-electron chi connectivity index (χ0n) is 21.7. The Hall–Kier alpha value is -1.16. The van der Waals surface area contributed by atoms with Crippen LogP contribution in [0.2, 0.25) is 0 Å². The van der Waals surface area contributed by atoms with Crippen molar-refractivity contribution in [1.82, 2.24) is 0 Å². The van der Waals surface area contributed by atoms with E-state index in [9.17, 15) is 14.7 Å². The van der Waals surface area contributed by atoms with Crippen LogP contribution in [0.4, 0.5) is 0 Å². The molecule has 4 heteroatoms. The number of ether oxygens (including phenoxy) is 1. The molecule has 1 unspecified atom stereocenters. The van der Waals surface area contributed by atoms with Gasteiger partial charge in [0.1, 0.15) is 11.9 Å². The van der Waals surface area contributed by atoms with Gasteiger partial charge in [0.05, 0.1) is 6.10 Å². The summed E-state index contributed by atoms with van der Waals surface area (Å²) < 4.78 is 5.58. The highest BCUT2D eigenvalue weighted by Gasteiger charge is 2.59. The quantitative estimate of drug-likeness (QED) is 0.385. The maximum atomic E-state index is 12.3. The van der Waals surface area contributed by atoms with E-state index in [2.05, 4.69) is 26.8 Å². The van der Waals surface area contributed by atoms with Crippen LogP contribution in [-0.4, -0.2) is 29.1 Å². The van der Waals surface area contributed by atoms with E-state index in [1.807, 2.05) is 13.8 Å². The molecule has 0 bridgehead atoms. The molecule has 0 radical (unpaired) electrons. The molecule has 9 atom stereocenters. The van der Waals surface area contributed by atoms with E-state index in [4.69, 9.17) is 4.74 Å². The molecule has 0 amide bonds. The van der Waals surface area contributed by atoms with Crippen molar-refractivity contribution in [3.8, 4) is 0 Å². The van der Waals surface area contributed by atoms with E-state index < -0.39 is 6.10 Å². The Morgan fingerprint density at radius 1 is 1.09 bits per heavy atom. The van der Waals surface area contributed by atoms with E-state index in [1.54, 1.807) is 0 Å². The fourth-order valence-corrected chi connectivity index (χ4v) is 8.76. The molecule has 186 valence electrons. The van der Waals surface area contributed by atoms with Crippen LogP contribution in [0.15, 0.2) is 11.6 Å². The van der Waals surface area contributed by atoms with Crippen LogP contribution in [0.25, 0.3) is 0 Å². The van der Waals surface area contributed by atoms with Crippen LogP contribution in [-0.2, 0) is 14.3 Å². The van der Waals surface area contributed by atoms with Crippen LogP contribution in [0.3, 0.4) is 0 Å². The number of allylic oxidation sites excluding steroid dienone is 1. The molecular weight excluding hydrogens is 412 g/mol. The van der Waals surface area contributed by atoms with Crippen LogP contribution >= 0.6 is 0 Å². The third kappa shape index (κ3) is 4.34. The predicted molar refractivity (Wildman–Crippen MR) is 130 cm³/mol. The Morgan fingerprint density at radius 3 is 2.48 bits per heavy atom. The van der Waals surface area contributed by atoms with Crippen molar-refractivity contribution in [3.05, 3.63) is 11.6 Å². The number of ketones is 1. The number of carbonyl (C=O) groups is 2. The van der Waals surface area contributed by atoms with Crippen LogP contribution in [0, 0.1) is 46.3 Å². The number of aliphatic hydroxyl groups is 1. The Labute approximate surface area is 200 Å². The van der Waals surface area contributed by atoms with Crippen LogP contribution in [0.5, 0.6) is 0 Å². The number of aliphatic hydroxyl groups excluding tert-OH is 1. The van der Waals surface area contributed by atoms with Crippen LogP contribution < -0.4 is 0 Å². The van der Waals surface area contributed by atoms with Gasteiger partial charge in [0, 0.05) is 25.7 Å². The summed E-state index contributed by atoms with van der Waals surface area (Å²) in [6.07, 6.45) is 11.4. The number of fused-ring (bicyclic) bond motifs is 5. The second-order valence-corrected chi connectivity index (χ2v) is 12.7. The van der Waals surface area contributed by atoms with Gasteiger partial charge in [-0.1, -0.05) is 46.3 Å². The molecule has 33 heavy (non-hydrogen) atoms. The summed E-state index contributed by atoms with van der Waals surface area (Å²) >= 11 is 0. The predicted octanol–water partition coefficient (Wildman–Crippen LogP) is 6.11. The number of hydrogen-bond acceptors (Lipinski definition) is 4. The molecule has 0 heterocycles. The number of rotatable bonds is 6. The van der Waals surface area contributed by atoms with Gasteiger partial charge < -0.3 is 9.84 Å². The molecule has 4 aliphatic rings. The smallest absolute Gasteiger partial charge is 0.302 e. The fraction of sp³-hybridized carbons (Fsp3) is 0.862. The van der Waals surface area contributed by atoms with Gasteiger partial charge in [-0.05, 0) is 85.4 Å². The summed E-state index contributed by atoms with van der Waals surface area (Å²) in [5.74, 6) is 2.83. The van der Waals surface area contributed by atoms with Crippen molar-refractivity contribution >= 4 is 11.8 Å². The van der Waals surface area contributed by atoms with Gasteiger partial charge >= 0.3 is 5.97 Å². The Balaban J connectivity index is 1.49. The Morgan fingerprint density at radius 2 is 1.82 bits per heavy atom. The molecule has 0 aromatic rings. The first-order chi connectivity index (χ1) is 15.5. The minimum Gasteiger partial charge on any atom is -0.462 e. The lowest BCUT2D eigenvalue weighted by Gasteiger charge is -2.58. The summed E-state index contributed by atoms with van der Waals surface area (Å²) in [7, 11) is 0. The van der Waals surface area contributed by atoms with Gasteiger partial charge in [-0.3, -0.25) is 9.59 Å². The van der Waals surface area contributed by atoms with Gasteiger partial charge in [-0.25, -0.2) is 0 Å². The van der Waals surface area contributed by atoms with Crippen molar-refractivity contribution in [1.29, 1.82) is 0 Å². The lowest BCUT2D eigenvalue weighted by Crippen LogP contribution is -2.51. The number of esters is 1. The molecular formula is C29H46O4. The van der Waals surface area contributed by atoms with Gasteiger partial charge in [0.25, 0.3) is 0 Å². The summed E-state index contributed by atoms with van der Waals surface area (Å²) in [5, 5.41) is 11.0. The van der Waals surface area contributed by atoms with Crippen LogP contribution in [0.1, 0.15) is 99.3 Å². The minimum absolute atomic E-state index is 0.00546. The van der Waals surface area contributed by atoms with Crippen molar-refractivity contribution in [2.75, 3.05) is 0 Å². The average molecular weight is 459 g/mol. The highest BCUT2D eigenvalue weighted by molar-refractivity contribution is 5.80. The van der Waals surface area contributed by atoms with Gasteiger partial charge in [-0.2, -0.15) is 0 Å². The largest absolute Gasteiger partial charge is 0.462 e. The minimum atomic E-state index is -0.523. The van der Waals surface area contributed by atoms with E-state index in [0.717, 1.165) is 37.5 Å². The molecule has 4 aliphatic carbocycles. The first kappa shape index (κ1) is 24.9. The fourth-order valence-electron chi connectivity index (χ4n) is 8.76. The molecule has 0 aromatic carbocycles. The average Bonchev–Trinajstić information content (AvgIpc) is 3.10. The van der Waals surface area contributed by atoms with Crippen molar-refractivity contribution in [3.63, 3.8) is 0 Å². The monoisotopic (exact) mass is 458 g/mol. The number of Topliss-reactive ketones (excluding diaryl/α,β-unsaturated/α-hetero) is 1. The van der Waals surface area contributed by atoms with Crippen molar-refractivity contribution < 1.29 is 19.4 Å². The molecule has 4 nitrogen and oxygen atoms in total.